The lowest BCUT2D eigenvalue weighted by Crippen LogP contribution is -2.05. The molecule has 3 rings (SSSR count). The third-order valence-corrected chi connectivity index (χ3v) is 4.28. The van der Waals surface area contributed by atoms with Crippen molar-refractivity contribution in [2.45, 2.75) is 13.3 Å². The molecule has 0 radical (unpaired) electrons. The number of methoxy groups -OCH3 is 1. The highest BCUT2D eigenvalue weighted by Gasteiger charge is 2.14. The summed E-state index contributed by atoms with van der Waals surface area (Å²) < 4.78 is 10.8. The lowest BCUT2D eigenvalue weighted by molar-refractivity contribution is 0.0505. The summed E-state index contributed by atoms with van der Waals surface area (Å²) in [5.41, 5.74) is 2.67. The molecule has 0 saturated heterocycles. The van der Waals surface area contributed by atoms with Crippen molar-refractivity contribution in [1.29, 1.82) is 0 Å². The molecule has 7 heteroatoms. The lowest BCUT2D eigenvalue weighted by Gasteiger charge is -2.07. The van der Waals surface area contributed by atoms with Crippen LogP contribution in [0.4, 0.5) is 0 Å². The Morgan fingerprint density at radius 2 is 2.12 bits per heavy atom. The predicted octanol–water partition coefficient (Wildman–Crippen LogP) is 4.27. The normalized spacial score (nSPS) is 10.8. The Hall–Kier alpha value is -2.54. The minimum absolute atomic E-state index is 0.0308. The van der Waals surface area contributed by atoms with Gasteiger partial charge in [-0.15, -0.1) is 0 Å². The molecule has 0 aliphatic heterocycles. The highest BCUT2D eigenvalue weighted by atomic mass is 79.9. The van der Waals surface area contributed by atoms with Crippen LogP contribution in [0.2, 0.25) is 0 Å². The van der Waals surface area contributed by atoms with Gasteiger partial charge in [0.05, 0.1) is 34.8 Å². The topological polar surface area (TPSA) is 84.4 Å². The Morgan fingerprint density at radius 1 is 1.32 bits per heavy atom. The van der Waals surface area contributed by atoms with E-state index in [1.54, 1.807) is 30.3 Å². The van der Waals surface area contributed by atoms with Gasteiger partial charge in [0, 0.05) is 5.56 Å². The second kappa shape index (κ2) is 7.14. The van der Waals surface area contributed by atoms with Crippen LogP contribution in [0.25, 0.3) is 22.4 Å². The SMILES string of the molecule is CCCOC(=O)c1ccc2nc(-c3cc(Br)c(O)c(OC)c3)[nH]c2c1. The Balaban J connectivity index is 1.99. The van der Waals surface area contributed by atoms with Gasteiger partial charge in [0.25, 0.3) is 0 Å². The molecule has 0 unspecified atom stereocenters. The molecule has 1 aromatic heterocycles. The van der Waals surface area contributed by atoms with E-state index in [0.717, 1.165) is 23.0 Å². The highest BCUT2D eigenvalue weighted by molar-refractivity contribution is 9.10. The molecule has 0 aliphatic carbocycles. The van der Waals surface area contributed by atoms with E-state index in [0.29, 0.717) is 28.2 Å². The number of rotatable bonds is 5. The van der Waals surface area contributed by atoms with E-state index < -0.39 is 0 Å². The van der Waals surface area contributed by atoms with Crippen molar-refractivity contribution in [2.24, 2.45) is 0 Å². The van der Waals surface area contributed by atoms with Crippen molar-refractivity contribution >= 4 is 32.9 Å². The first-order valence-corrected chi connectivity index (χ1v) is 8.56. The maximum Gasteiger partial charge on any atom is 0.338 e. The first-order chi connectivity index (χ1) is 12.0. The van der Waals surface area contributed by atoms with E-state index in [1.165, 1.54) is 7.11 Å². The molecule has 0 fully saturated rings. The van der Waals surface area contributed by atoms with E-state index in [-0.39, 0.29) is 11.7 Å². The van der Waals surface area contributed by atoms with Crippen molar-refractivity contribution in [2.75, 3.05) is 13.7 Å². The maximum atomic E-state index is 12.0. The van der Waals surface area contributed by atoms with Crippen molar-refractivity contribution < 1.29 is 19.4 Å². The van der Waals surface area contributed by atoms with Crippen LogP contribution in [0.3, 0.4) is 0 Å². The third-order valence-electron chi connectivity index (χ3n) is 3.68. The van der Waals surface area contributed by atoms with Crippen LogP contribution < -0.4 is 4.74 Å². The smallest absolute Gasteiger partial charge is 0.338 e. The Morgan fingerprint density at radius 3 is 2.84 bits per heavy atom. The number of ether oxygens (including phenoxy) is 2. The van der Waals surface area contributed by atoms with Crippen molar-refractivity contribution in [1.82, 2.24) is 9.97 Å². The number of fused-ring (bicyclic) bond motifs is 1. The number of nitrogens with one attached hydrogen (secondary N) is 1. The molecule has 0 aliphatic rings. The number of aromatic nitrogens is 2. The Labute approximate surface area is 152 Å². The number of hydrogen-bond donors (Lipinski definition) is 2. The van der Waals surface area contributed by atoms with E-state index in [9.17, 15) is 9.90 Å². The summed E-state index contributed by atoms with van der Waals surface area (Å²) in [6, 6.07) is 8.61. The number of imidazole rings is 1. The molecule has 0 bridgehead atoms. The second-order valence-electron chi connectivity index (χ2n) is 5.46. The van der Waals surface area contributed by atoms with Crippen LogP contribution >= 0.6 is 15.9 Å². The van der Waals surface area contributed by atoms with E-state index in [1.807, 2.05) is 6.92 Å². The van der Waals surface area contributed by atoms with Gasteiger partial charge in [-0.3, -0.25) is 0 Å². The van der Waals surface area contributed by atoms with Gasteiger partial charge in [-0.25, -0.2) is 9.78 Å². The molecule has 3 aromatic rings. The number of H-pyrrole nitrogens is 1. The monoisotopic (exact) mass is 404 g/mol. The van der Waals surface area contributed by atoms with Gasteiger partial charge in [0.2, 0.25) is 0 Å². The summed E-state index contributed by atoms with van der Waals surface area (Å²) >= 11 is 3.30. The number of halogens is 1. The molecule has 0 atom stereocenters. The van der Waals surface area contributed by atoms with Gasteiger partial charge in [-0.05, 0) is 52.7 Å². The standard InChI is InChI=1S/C18H17BrN2O4/c1-3-6-25-18(23)10-4-5-13-14(8-10)21-17(20-13)11-7-12(19)16(22)15(9-11)24-2/h4-5,7-9,22H,3,6H2,1-2H3,(H,20,21). The maximum absolute atomic E-state index is 12.0. The molecule has 25 heavy (non-hydrogen) atoms. The summed E-state index contributed by atoms with van der Waals surface area (Å²) in [6.07, 6.45) is 0.778. The molecule has 1 heterocycles. The minimum Gasteiger partial charge on any atom is -0.503 e. The number of esters is 1. The number of nitrogens with zero attached hydrogens (tertiary/aromatic N) is 1. The van der Waals surface area contributed by atoms with E-state index in [2.05, 4.69) is 25.9 Å². The third kappa shape index (κ3) is 3.46. The average Bonchev–Trinajstić information content (AvgIpc) is 3.05. The lowest BCUT2D eigenvalue weighted by atomic mass is 10.2. The van der Waals surface area contributed by atoms with Crippen LogP contribution in [-0.2, 0) is 4.74 Å². The Bertz CT molecular complexity index is 936. The summed E-state index contributed by atoms with van der Waals surface area (Å²) in [5.74, 6) is 0.624. The quantitative estimate of drug-likeness (QED) is 0.620. The molecule has 130 valence electrons. The molecule has 6 nitrogen and oxygen atoms in total. The van der Waals surface area contributed by atoms with Gasteiger partial charge >= 0.3 is 5.97 Å². The summed E-state index contributed by atoms with van der Waals surface area (Å²) in [6.45, 7) is 2.34. The minimum atomic E-state index is -0.353. The summed E-state index contributed by atoms with van der Waals surface area (Å²) in [5, 5.41) is 9.92. The fourth-order valence-corrected chi connectivity index (χ4v) is 2.86. The molecular weight excluding hydrogens is 388 g/mol. The number of aromatic hydroxyl groups is 1. The van der Waals surface area contributed by atoms with Crippen molar-refractivity contribution in [3.63, 3.8) is 0 Å². The summed E-state index contributed by atoms with van der Waals surface area (Å²) in [4.78, 5) is 19.7. The fraction of sp³-hybridized carbons (Fsp3) is 0.222. The zero-order valence-corrected chi connectivity index (χ0v) is 15.4. The van der Waals surface area contributed by atoms with Crippen LogP contribution in [-0.4, -0.2) is 34.8 Å². The first-order valence-electron chi connectivity index (χ1n) is 7.77. The summed E-state index contributed by atoms with van der Waals surface area (Å²) in [7, 11) is 1.48. The number of carbonyl (C=O) groups excluding carboxylic acids is 1. The van der Waals surface area contributed by atoms with Gasteiger partial charge in [-0.1, -0.05) is 6.92 Å². The van der Waals surface area contributed by atoms with Crippen molar-refractivity contribution in [3.8, 4) is 22.9 Å². The molecule has 2 N–H and O–H groups in total. The number of carbonyl (C=O) groups is 1. The Kier molecular flexibility index (Phi) is 4.94. The molecule has 0 amide bonds. The molecule has 0 saturated carbocycles. The van der Waals surface area contributed by atoms with E-state index in [4.69, 9.17) is 9.47 Å². The second-order valence-corrected chi connectivity index (χ2v) is 6.32. The number of phenolic OH excluding ortho intramolecular Hbond substituents is 1. The zero-order valence-electron chi connectivity index (χ0n) is 13.8. The van der Waals surface area contributed by atoms with E-state index >= 15 is 0 Å². The largest absolute Gasteiger partial charge is 0.503 e. The number of hydrogen-bond acceptors (Lipinski definition) is 5. The van der Waals surface area contributed by atoms with Crippen LogP contribution in [0.15, 0.2) is 34.8 Å². The average molecular weight is 405 g/mol. The van der Waals surface area contributed by atoms with Crippen molar-refractivity contribution in [3.05, 3.63) is 40.4 Å². The van der Waals surface area contributed by atoms with Gasteiger partial charge in [0.1, 0.15) is 5.82 Å². The van der Waals surface area contributed by atoms with Gasteiger partial charge in [-0.2, -0.15) is 0 Å². The molecule has 0 spiro atoms. The van der Waals surface area contributed by atoms with Crippen LogP contribution in [0.5, 0.6) is 11.5 Å². The molecule has 2 aromatic carbocycles. The predicted molar refractivity (Wildman–Crippen MR) is 98.0 cm³/mol. The first kappa shape index (κ1) is 17.3. The van der Waals surface area contributed by atoms with Crippen LogP contribution in [0.1, 0.15) is 23.7 Å². The zero-order chi connectivity index (χ0) is 18.0. The number of phenols is 1. The number of aromatic amines is 1. The van der Waals surface area contributed by atoms with Crippen LogP contribution in [0, 0.1) is 0 Å². The van der Waals surface area contributed by atoms with Gasteiger partial charge < -0.3 is 19.6 Å². The van der Waals surface area contributed by atoms with Gasteiger partial charge in [0.15, 0.2) is 11.5 Å². The fourth-order valence-electron chi connectivity index (χ4n) is 2.42. The number of benzene rings is 2. The molecular formula is C18H17BrN2O4. The highest BCUT2D eigenvalue weighted by Crippen LogP contribution is 2.38.